The second kappa shape index (κ2) is 6.09. The first-order chi connectivity index (χ1) is 9.54. The van der Waals surface area contributed by atoms with Crippen molar-refractivity contribution in [1.82, 2.24) is 9.78 Å². The molecule has 0 amide bonds. The molecule has 1 N–H and O–H groups in total. The quantitative estimate of drug-likeness (QED) is 0.910. The average Bonchev–Trinajstić information content (AvgIpc) is 2.75. The number of hydrogen-bond donors (Lipinski definition) is 1. The maximum atomic E-state index is 9.66. The van der Waals surface area contributed by atoms with E-state index in [1.54, 1.807) is 0 Å². The third-order valence-corrected chi connectivity index (χ3v) is 3.32. The predicted molar refractivity (Wildman–Crippen MR) is 82.3 cm³/mol. The minimum absolute atomic E-state index is 0.0104. The Kier molecular flexibility index (Phi) is 4.45. The number of aromatic nitrogens is 2. The lowest BCUT2D eigenvalue weighted by Crippen LogP contribution is -2.26. The lowest BCUT2D eigenvalue weighted by molar-refractivity contribution is 0.281. The van der Waals surface area contributed by atoms with Gasteiger partial charge in [0.15, 0.2) is 0 Å². The van der Waals surface area contributed by atoms with Gasteiger partial charge in [-0.25, -0.2) is 4.68 Å². The van der Waals surface area contributed by atoms with Crippen LogP contribution in [0.3, 0.4) is 0 Å². The van der Waals surface area contributed by atoms with Crippen LogP contribution in [0.4, 0.5) is 5.82 Å². The summed E-state index contributed by atoms with van der Waals surface area (Å²) in [5, 5.41) is 14.3. The molecule has 0 aliphatic rings. The van der Waals surface area contributed by atoms with Crippen molar-refractivity contribution < 1.29 is 5.11 Å². The molecule has 1 aromatic heterocycles. The molecule has 0 saturated carbocycles. The Morgan fingerprint density at radius 3 is 2.45 bits per heavy atom. The van der Waals surface area contributed by atoms with Crippen LogP contribution in [0.1, 0.15) is 25.1 Å². The summed E-state index contributed by atoms with van der Waals surface area (Å²) in [5.41, 5.74) is 2.79. The molecular formula is C16H23N3O. The van der Waals surface area contributed by atoms with E-state index in [0.717, 1.165) is 29.3 Å². The van der Waals surface area contributed by atoms with Gasteiger partial charge in [0, 0.05) is 19.2 Å². The summed E-state index contributed by atoms with van der Waals surface area (Å²) in [5.74, 6) is 1.52. The molecule has 20 heavy (non-hydrogen) atoms. The highest BCUT2D eigenvalue weighted by molar-refractivity contribution is 5.54. The van der Waals surface area contributed by atoms with Gasteiger partial charge in [0.1, 0.15) is 5.82 Å². The second-order valence-electron chi connectivity index (χ2n) is 5.57. The molecule has 0 aliphatic carbocycles. The molecule has 0 unspecified atom stereocenters. The molecule has 0 spiro atoms. The van der Waals surface area contributed by atoms with E-state index in [2.05, 4.69) is 30.9 Å². The summed E-state index contributed by atoms with van der Waals surface area (Å²) < 4.78 is 1.92. The van der Waals surface area contributed by atoms with Gasteiger partial charge in [0.05, 0.1) is 18.0 Å². The highest BCUT2D eigenvalue weighted by Crippen LogP contribution is 2.27. The number of aliphatic hydroxyl groups excluding tert-OH is 1. The Bertz CT molecular complexity index is 561. The minimum atomic E-state index is 0.0104. The fraction of sp³-hybridized carbons (Fsp3) is 0.438. The number of aliphatic hydroxyl groups is 1. The first-order valence-corrected chi connectivity index (χ1v) is 7.00. The van der Waals surface area contributed by atoms with Gasteiger partial charge in [-0.3, -0.25) is 0 Å². The molecule has 2 aromatic rings. The summed E-state index contributed by atoms with van der Waals surface area (Å²) in [4.78, 5) is 2.17. The van der Waals surface area contributed by atoms with Gasteiger partial charge >= 0.3 is 0 Å². The van der Waals surface area contributed by atoms with Gasteiger partial charge in [0.2, 0.25) is 0 Å². The fourth-order valence-corrected chi connectivity index (χ4v) is 2.51. The second-order valence-corrected chi connectivity index (χ2v) is 5.57. The zero-order valence-corrected chi connectivity index (χ0v) is 12.7. The van der Waals surface area contributed by atoms with Crippen molar-refractivity contribution in [2.75, 3.05) is 18.5 Å². The SMILES string of the molecule is Cc1nn(-c2ccccc2)c(N(C)CC(C)C)c1CO. The number of aryl methyl sites for hydroxylation is 1. The summed E-state index contributed by atoms with van der Waals surface area (Å²) in [7, 11) is 2.05. The lowest BCUT2D eigenvalue weighted by atomic mass is 10.2. The van der Waals surface area contributed by atoms with Gasteiger partial charge < -0.3 is 10.0 Å². The van der Waals surface area contributed by atoms with Crippen molar-refractivity contribution in [1.29, 1.82) is 0 Å². The molecule has 4 nitrogen and oxygen atoms in total. The van der Waals surface area contributed by atoms with Crippen LogP contribution >= 0.6 is 0 Å². The van der Waals surface area contributed by atoms with Crippen LogP contribution in [0.15, 0.2) is 30.3 Å². The third kappa shape index (κ3) is 2.85. The molecule has 108 valence electrons. The summed E-state index contributed by atoms with van der Waals surface area (Å²) >= 11 is 0. The molecule has 1 heterocycles. The first-order valence-electron chi connectivity index (χ1n) is 7.00. The van der Waals surface area contributed by atoms with E-state index in [9.17, 15) is 5.11 Å². The molecule has 4 heteroatoms. The van der Waals surface area contributed by atoms with Gasteiger partial charge in [-0.05, 0) is 25.0 Å². The molecule has 0 radical (unpaired) electrons. The standard InChI is InChI=1S/C16H23N3O/c1-12(2)10-18(4)16-15(11-20)13(3)17-19(16)14-8-6-5-7-9-14/h5-9,12,20H,10-11H2,1-4H3. The van der Waals surface area contributed by atoms with Crippen LogP contribution in [0, 0.1) is 12.8 Å². The topological polar surface area (TPSA) is 41.3 Å². The van der Waals surface area contributed by atoms with E-state index < -0.39 is 0 Å². The first kappa shape index (κ1) is 14.6. The Balaban J connectivity index is 2.52. The van der Waals surface area contributed by atoms with Gasteiger partial charge in [-0.15, -0.1) is 0 Å². The normalized spacial score (nSPS) is 11.1. The Morgan fingerprint density at radius 1 is 1.25 bits per heavy atom. The van der Waals surface area contributed by atoms with E-state index in [0.29, 0.717) is 5.92 Å². The van der Waals surface area contributed by atoms with E-state index in [1.807, 2.05) is 41.9 Å². The van der Waals surface area contributed by atoms with Gasteiger partial charge in [-0.2, -0.15) is 5.10 Å². The van der Waals surface area contributed by atoms with Crippen LogP contribution in [0.25, 0.3) is 5.69 Å². The molecule has 2 rings (SSSR count). The Hall–Kier alpha value is -1.81. The Labute approximate surface area is 120 Å². The van der Waals surface area contributed by atoms with E-state index in [-0.39, 0.29) is 6.61 Å². The molecule has 0 bridgehead atoms. The third-order valence-electron chi connectivity index (χ3n) is 3.32. The molecule has 0 fully saturated rings. The number of nitrogens with zero attached hydrogens (tertiary/aromatic N) is 3. The highest BCUT2D eigenvalue weighted by atomic mass is 16.3. The van der Waals surface area contributed by atoms with Gasteiger partial charge in [-0.1, -0.05) is 32.0 Å². The monoisotopic (exact) mass is 273 g/mol. The van der Waals surface area contributed by atoms with E-state index >= 15 is 0 Å². The number of rotatable bonds is 5. The zero-order chi connectivity index (χ0) is 14.7. The highest BCUT2D eigenvalue weighted by Gasteiger charge is 2.19. The number of anilines is 1. The molecule has 1 aromatic carbocycles. The molecule has 0 atom stereocenters. The van der Waals surface area contributed by atoms with Gasteiger partial charge in [0.25, 0.3) is 0 Å². The summed E-state index contributed by atoms with van der Waals surface area (Å²) in [6, 6.07) is 10.0. The summed E-state index contributed by atoms with van der Waals surface area (Å²) in [6.07, 6.45) is 0. The average molecular weight is 273 g/mol. The molecular weight excluding hydrogens is 250 g/mol. The van der Waals surface area contributed by atoms with E-state index in [1.165, 1.54) is 0 Å². The lowest BCUT2D eigenvalue weighted by Gasteiger charge is -2.23. The van der Waals surface area contributed by atoms with Crippen LogP contribution in [0.2, 0.25) is 0 Å². The number of benzene rings is 1. The molecule has 0 saturated heterocycles. The number of hydrogen-bond acceptors (Lipinski definition) is 3. The zero-order valence-electron chi connectivity index (χ0n) is 12.7. The van der Waals surface area contributed by atoms with Crippen molar-refractivity contribution >= 4 is 5.82 Å². The largest absolute Gasteiger partial charge is 0.391 e. The maximum Gasteiger partial charge on any atom is 0.137 e. The maximum absolute atomic E-state index is 9.66. The predicted octanol–water partition coefficient (Wildman–Crippen LogP) is 2.77. The van der Waals surface area contributed by atoms with Crippen molar-refractivity contribution in [3.05, 3.63) is 41.6 Å². The van der Waals surface area contributed by atoms with Crippen LogP contribution < -0.4 is 4.90 Å². The van der Waals surface area contributed by atoms with Crippen LogP contribution in [-0.4, -0.2) is 28.5 Å². The van der Waals surface area contributed by atoms with Crippen molar-refractivity contribution in [2.45, 2.75) is 27.4 Å². The van der Waals surface area contributed by atoms with Crippen molar-refractivity contribution in [3.63, 3.8) is 0 Å². The minimum Gasteiger partial charge on any atom is -0.391 e. The van der Waals surface area contributed by atoms with Crippen LogP contribution in [0.5, 0.6) is 0 Å². The summed E-state index contributed by atoms with van der Waals surface area (Å²) in [6.45, 7) is 7.25. The van der Waals surface area contributed by atoms with Crippen LogP contribution in [-0.2, 0) is 6.61 Å². The van der Waals surface area contributed by atoms with Crippen molar-refractivity contribution in [3.8, 4) is 5.69 Å². The fourth-order valence-electron chi connectivity index (χ4n) is 2.51. The molecule has 0 aliphatic heterocycles. The van der Waals surface area contributed by atoms with E-state index in [4.69, 9.17) is 0 Å². The number of para-hydroxylation sites is 1. The van der Waals surface area contributed by atoms with Crippen molar-refractivity contribution in [2.24, 2.45) is 5.92 Å². The Morgan fingerprint density at radius 2 is 1.90 bits per heavy atom. The smallest absolute Gasteiger partial charge is 0.137 e.